The second kappa shape index (κ2) is 5.94. The molecule has 1 aromatic carbocycles. The predicted octanol–water partition coefficient (Wildman–Crippen LogP) is 3.55. The van der Waals surface area contributed by atoms with E-state index in [9.17, 15) is 0 Å². The van der Waals surface area contributed by atoms with E-state index >= 15 is 0 Å². The fraction of sp³-hybridized carbons (Fsp3) is 0.538. The number of halogens is 2. The summed E-state index contributed by atoms with van der Waals surface area (Å²) in [6.07, 6.45) is 1.17. The first-order valence-corrected chi connectivity index (χ1v) is 6.74. The molecule has 1 aromatic rings. The third-order valence-electron chi connectivity index (χ3n) is 3.20. The van der Waals surface area contributed by atoms with Crippen molar-refractivity contribution >= 4 is 28.9 Å². The Hall–Kier alpha value is -0.440. The Balaban J connectivity index is 2.08. The molecule has 0 saturated carbocycles. The summed E-state index contributed by atoms with van der Waals surface area (Å²) in [6.45, 7) is 2.90. The molecular formula is C13H17Cl2NO. The lowest BCUT2D eigenvalue weighted by atomic mass is 10.1. The fourth-order valence-electron chi connectivity index (χ4n) is 2.31. The van der Waals surface area contributed by atoms with Gasteiger partial charge < -0.3 is 9.64 Å². The highest BCUT2D eigenvalue weighted by Gasteiger charge is 2.23. The highest BCUT2D eigenvalue weighted by atomic mass is 35.5. The van der Waals surface area contributed by atoms with Gasteiger partial charge in [0, 0.05) is 32.0 Å². The van der Waals surface area contributed by atoms with Gasteiger partial charge in [-0.05, 0) is 24.1 Å². The Morgan fingerprint density at radius 2 is 2.29 bits per heavy atom. The van der Waals surface area contributed by atoms with Gasteiger partial charge in [-0.25, -0.2) is 0 Å². The van der Waals surface area contributed by atoms with Gasteiger partial charge in [0.05, 0.1) is 17.3 Å². The minimum absolute atomic E-state index is 0.506. The minimum Gasteiger partial charge on any atom is -0.384 e. The van der Waals surface area contributed by atoms with Crippen molar-refractivity contribution in [2.75, 3.05) is 31.7 Å². The Morgan fingerprint density at radius 3 is 2.94 bits per heavy atom. The van der Waals surface area contributed by atoms with E-state index in [0.29, 0.717) is 11.8 Å². The zero-order valence-electron chi connectivity index (χ0n) is 9.96. The molecule has 0 spiro atoms. The monoisotopic (exact) mass is 273 g/mol. The van der Waals surface area contributed by atoms with Crippen LogP contribution in [0.1, 0.15) is 12.0 Å². The van der Waals surface area contributed by atoms with Crippen molar-refractivity contribution in [3.05, 3.63) is 28.8 Å². The smallest absolute Gasteiger partial charge is 0.0642 e. The van der Waals surface area contributed by atoms with Crippen LogP contribution >= 0.6 is 23.2 Å². The highest BCUT2D eigenvalue weighted by Crippen LogP contribution is 2.31. The van der Waals surface area contributed by atoms with Crippen LogP contribution in [-0.2, 0) is 10.6 Å². The van der Waals surface area contributed by atoms with Crippen LogP contribution in [0.4, 0.5) is 5.69 Å². The lowest BCUT2D eigenvalue weighted by molar-refractivity contribution is 0.161. The molecule has 1 aliphatic heterocycles. The fourth-order valence-corrected chi connectivity index (χ4v) is 2.80. The summed E-state index contributed by atoms with van der Waals surface area (Å²) in [5.74, 6) is 1.12. The molecule has 1 aliphatic rings. The molecule has 2 rings (SSSR count). The molecule has 0 amide bonds. The Labute approximate surface area is 112 Å². The van der Waals surface area contributed by atoms with E-state index in [1.807, 2.05) is 12.1 Å². The summed E-state index contributed by atoms with van der Waals surface area (Å²) in [5, 5.41) is 0.793. The largest absolute Gasteiger partial charge is 0.384 e. The first-order valence-electron chi connectivity index (χ1n) is 5.83. The normalized spacial score (nSPS) is 19.9. The van der Waals surface area contributed by atoms with Gasteiger partial charge in [0.1, 0.15) is 0 Å². The number of alkyl halides is 1. The third kappa shape index (κ3) is 3.06. The summed E-state index contributed by atoms with van der Waals surface area (Å²) in [7, 11) is 1.75. The molecule has 17 heavy (non-hydrogen) atoms. The van der Waals surface area contributed by atoms with Crippen molar-refractivity contribution in [3.63, 3.8) is 0 Å². The van der Waals surface area contributed by atoms with Crippen LogP contribution in [0, 0.1) is 5.92 Å². The van der Waals surface area contributed by atoms with E-state index in [1.54, 1.807) is 7.11 Å². The van der Waals surface area contributed by atoms with Gasteiger partial charge in [-0.3, -0.25) is 0 Å². The second-order valence-corrected chi connectivity index (χ2v) is 5.15. The average Bonchev–Trinajstić information content (AvgIpc) is 2.78. The Morgan fingerprint density at radius 1 is 1.47 bits per heavy atom. The maximum atomic E-state index is 6.28. The molecule has 94 valence electrons. The van der Waals surface area contributed by atoms with Crippen LogP contribution < -0.4 is 4.90 Å². The number of methoxy groups -OCH3 is 1. The quantitative estimate of drug-likeness (QED) is 0.778. The van der Waals surface area contributed by atoms with Crippen LogP contribution in [0.15, 0.2) is 18.2 Å². The third-order valence-corrected chi connectivity index (χ3v) is 3.81. The molecule has 2 nitrogen and oxygen atoms in total. The molecular weight excluding hydrogens is 257 g/mol. The average molecular weight is 274 g/mol. The van der Waals surface area contributed by atoms with E-state index in [2.05, 4.69) is 11.0 Å². The maximum absolute atomic E-state index is 6.28. The van der Waals surface area contributed by atoms with E-state index in [0.717, 1.165) is 36.0 Å². The Bertz CT molecular complexity index is 384. The summed E-state index contributed by atoms with van der Waals surface area (Å²) in [4.78, 5) is 2.32. The van der Waals surface area contributed by atoms with Crippen LogP contribution in [0.3, 0.4) is 0 Å². The molecule has 0 bridgehead atoms. The van der Waals surface area contributed by atoms with Crippen molar-refractivity contribution in [2.24, 2.45) is 5.92 Å². The van der Waals surface area contributed by atoms with E-state index in [4.69, 9.17) is 27.9 Å². The topological polar surface area (TPSA) is 12.5 Å². The minimum atomic E-state index is 0.506. The molecule has 1 saturated heterocycles. The summed E-state index contributed by atoms with van der Waals surface area (Å²) in [5.41, 5.74) is 2.17. The van der Waals surface area contributed by atoms with Gasteiger partial charge in [0.25, 0.3) is 0 Å². The van der Waals surface area contributed by atoms with E-state index < -0.39 is 0 Å². The SMILES string of the molecule is COCC1CCN(c2ccc(CCl)cc2Cl)C1. The van der Waals surface area contributed by atoms with Crippen LogP contribution in [-0.4, -0.2) is 26.8 Å². The van der Waals surface area contributed by atoms with Gasteiger partial charge in [-0.1, -0.05) is 17.7 Å². The summed E-state index contributed by atoms with van der Waals surface area (Å²) in [6, 6.07) is 6.06. The first-order chi connectivity index (χ1) is 8.24. The zero-order chi connectivity index (χ0) is 12.3. The van der Waals surface area contributed by atoms with Crippen molar-refractivity contribution in [3.8, 4) is 0 Å². The number of hydrogen-bond donors (Lipinski definition) is 0. The van der Waals surface area contributed by atoms with Gasteiger partial charge in [0.15, 0.2) is 0 Å². The van der Waals surface area contributed by atoms with Crippen molar-refractivity contribution in [2.45, 2.75) is 12.3 Å². The van der Waals surface area contributed by atoms with Crippen LogP contribution in [0.2, 0.25) is 5.02 Å². The van der Waals surface area contributed by atoms with Gasteiger partial charge in [-0.15, -0.1) is 11.6 Å². The van der Waals surface area contributed by atoms with E-state index in [1.165, 1.54) is 6.42 Å². The molecule has 4 heteroatoms. The second-order valence-electron chi connectivity index (χ2n) is 4.48. The molecule has 1 unspecified atom stereocenters. The number of ether oxygens (including phenoxy) is 1. The molecule has 0 aromatic heterocycles. The number of hydrogen-bond acceptors (Lipinski definition) is 2. The predicted molar refractivity (Wildman–Crippen MR) is 73.2 cm³/mol. The number of rotatable bonds is 4. The molecule has 0 N–H and O–H groups in total. The molecule has 1 heterocycles. The van der Waals surface area contributed by atoms with Gasteiger partial charge in [0.2, 0.25) is 0 Å². The van der Waals surface area contributed by atoms with Gasteiger partial charge in [-0.2, -0.15) is 0 Å². The Kier molecular flexibility index (Phi) is 4.55. The highest BCUT2D eigenvalue weighted by molar-refractivity contribution is 6.33. The number of anilines is 1. The van der Waals surface area contributed by atoms with Crippen LogP contribution in [0.25, 0.3) is 0 Å². The van der Waals surface area contributed by atoms with Crippen molar-refractivity contribution in [1.82, 2.24) is 0 Å². The summed E-state index contributed by atoms with van der Waals surface area (Å²) >= 11 is 12.1. The zero-order valence-corrected chi connectivity index (χ0v) is 11.5. The molecule has 1 atom stereocenters. The number of benzene rings is 1. The lowest BCUT2D eigenvalue weighted by Gasteiger charge is -2.20. The molecule has 0 radical (unpaired) electrons. The first kappa shape index (κ1) is 13.0. The lowest BCUT2D eigenvalue weighted by Crippen LogP contribution is -2.21. The van der Waals surface area contributed by atoms with Crippen molar-refractivity contribution in [1.29, 1.82) is 0 Å². The number of nitrogens with zero attached hydrogens (tertiary/aromatic N) is 1. The maximum Gasteiger partial charge on any atom is 0.0642 e. The van der Waals surface area contributed by atoms with Crippen molar-refractivity contribution < 1.29 is 4.74 Å². The summed E-state index contributed by atoms with van der Waals surface area (Å²) < 4.78 is 5.20. The van der Waals surface area contributed by atoms with Gasteiger partial charge >= 0.3 is 0 Å². The molecule has 1 fully saturated rings. The molecule has 0 aliphatic carbocycles. The van der Waals surface area contributed by atoms with Crippen LogP contribution in [0.5, 0.6) is 0 Å². The standard InChI is InChI=1S/C13H17Cl2NO/c1-17-9-11-4-5-16(8-11)13-3-2-10(7-14)6-12(13)15/h2-3,6,11H,4-5,7-9H2,1H3. The van der Waals surface area contributed by atoms with E-state index in [-0.39, 0.29) is 0 Å².